The van der Waals surface area contributed by atoms with Crippen LogP contribution in [-0.2, 0) is 32.6 Å². The molecule has 0 saturated heterocycles. The minimum atomic E-state index is -3.68. The van der Waals surface area contributed by atoms with Gasteiger partial charge >= 0.3 is 0 Å². The van der Waals surface area contributed by atoms with E-state index in [9.17, 15) is 18.0 Å². The molecule has 1 aliphatic carbocycles. The fourth-order valence-corrected chi connectivity index (χ4v) is 7.08. The molecule has 0 aromatic heterocycles. The molecule has 1 saturated carbocycles. The fraction of sp³-hybridized carbons (Fsp3) is 0.394. The summed E-state index contributed by atoms with van der Waals surface area (Å²) in [6.07, 6.45) is 5.52. The number of anilines is 1. The summed E-state index contributed by atoms with van der Waals surface area (Å²) in [5.41, 5.74) is 1.84. The van der Waals surface area contributed by atoms with Gasteiger partial charge in [-0.3, -0.25) is 13.9 Å². The van der Waals surface area contributed by atoms with Crippen LogP contribution in [0.15, 0.2) is 72.8 Å². The zero-order chi connectivity index (χ0) is 31.7. The van der Waals surface area contributed by atoms with E-state index in [1.165, 1.54) is 16.3 Å². The molecule has 1 aliphatic rings. The molecule has 1 N–H and O–H groups in total. The monoisotopic (exact) mass is 659 g/mol. The Morgan fingerprint density at radius 1 is 0.955 bits per heavy atom. The number of nitrogens with zero attached hydrogens (tertiary/aromatic N) is 2. The molecule has 236 valence electrons. The maximum absolute atomic E-state index is 14.1. The Kier molecular flexibility index (Phi) is 11.9. The van der Waals surface area contributed by atoms with Crippen LogP contribution in [0.5, 0.6) is 5.75 Å². The van der Waals surface area contributed by atoms with E-state index in [-0.39, 0.29) is 43.8 Å². The number of hydrogen-bond acceptors (Lipinski definition) is 5. The van der Waals surface area contributed by atoms with Crippen LogP contribution >= 0.6 is 23.2 Å². The van der Waals surface area contributed by atoms with E-state index in [1.54, 1.807) is 42.5 Å². The number of ether oxygens (including phenoxy) is 1. The van der Waals surface area contributed by atoms with Crippen LogP contribution < -0.4 is 14.4 Å². The number of sulfonamides is 1. The molecule has 3 aromatic rings. The predicted octanol–water partition coefficient (Wildman–Crippen LogP) is 6.25. The van der Waals surface area contributed by atoms with Crippen molar-refractivity contribution in [3.63, 3.8) is 0 Å². The second-order valence-electron chi connectivity index (χ2n) is 11.0. The van der Waals surface area contributed by atoms with Crippen molar-refractivity contribution in [2.24, 2.45) is 0 Å². The van der Waals surface area contributed by atoms with Gasteiger partial charge in [-0.05, 0) is 49.1 Å². The van der Waals surface area contributed by atoms with Gasteiger partial charge in [-0.15, -0.1) is 0 Å². The van der Waals surface area contributed by atoms with Crippen molar-refractivity contribution in [2.75, 3.05) is 24.2 Å². The molecule has 1 fully saturated rings. The highest BCUT2D eigenvalue weighted by Gasteiger charge is 2.33. The molecule has 1 atom stereocenters. The molecule has 11 heteroatoms. The van der Waals surface area contributed by atoms with Gasteiger partial charge in [-0.1, -0.05) is 84.6 Å². The highest BCUT2D eigenvalue weighted by molar-refractivity contribution is 7.92. The number of nitrogens with one attached hydrogen (secondary N) is 1. The Hall–Kier alpha value is -3.27. The molecular formula is C33H39Cl2N3O5S. The molecule has 8 nitrogen and oxygen atoms in total. The van der Waals surface area contributed by atoms with Crippen LogP contribution in [0.4, 0.5) is 5.69 Å². The first-order valence-corrected chi connectivity index (χ1v) is 17.4. The fourth-order valence-electron chi connectivity index (χ4n) is 5.59. The maximum atomic E-state index is 14.1. The molecular weight excluding hydrogens is 621 g/mol. The number of para-hydroxylation sites is 2. The van der Waals surface area contributed by atoms with E-state index in [0.717, 1.165) is 37.5 Å². The summed E-state index contributed by atoms with van der Waals surface area (Å²) in [4.78, 5) is 29.5. The van der Waals surface area contributed by atoms with Gasteiger partial charge in [0.25, 0.3) is 0 Å². The summed E-state index contributed by atoms with van der Waals surface area (Å²) < 4.78 is 32.2. The molecule has 2 amide bonds. The Balaban J connectivity index is 1.63. The van der Waals surface area contributed by atoms with Crippen molar-refractivity contribution in [3.8, 4) is 5.75 Å². The molecule has 44 heavy (non-hydrogen) atoms. The highest BCUT2D eigenvalue weighted by atomic mass is 35.5. The SMILES string of the molecule is COc1ccccc1N(CCCC(=O)N(Cc1c(Cl)cccc1Cl)C(Cc1ccccc1)C(=O)NC1CCCC1)S(C)(=O)=O. The number of halogens is 2. The lowest BCUT2D eigenvalue weighted by Crippen LogP contribution is -2.52. The Morgan fingerprint density at radius 3 is 2.23 bits per heavy atom. The number of hydrogen-bond donors (Lipinski definition) is 1. The van der Waals surface area contributed by atoms with E-state index >= 15 is 0 Å². The zero-order valence-electron chi connectivity index (χ0n) is 25.0. The van der Waals surface area contributed by atoms with Gasteiger partial charge in [0.1, 0.15) is 11.8 Å². The van der Waals surface area contributed by atoms with Crippen LogP contribution in [0.3, 0.4) is 0 Å². The van der Waals surface area contributed by atoms with Crippen molar-refractivity contribution >= 4 is 50.7 Å². The van der Waals surface area contributed by atoms with Gasteiger partial charge in [0.15, 0.2) is 0 Å². The predicted molar refractivity (Wildman–Crippen MR) is 176 cm³/mol. The van der Waals surface area contributed by atoms with Gasteiger partial charge in [-0.2, -0.15) is 0 Å². The average molecular weight is 661 g/mol. The summed E-state index contributed by atoms with van der Waals surface area (Å²) in [5.74, 6) is -0.133. The first-order valence-electron chi connectivity index (χ1n) is 14.8. The second-order valence-corrected chi connectivity index (χ2v) is 13.7. The number of carbonyl (C=O) groups is 2. The quantitative estimate of drug-likeness (QED) is 0.221. The third-order valence-corrected chi connectivity index (χ3v) is 9.76. The Labute approximate surface area is 270 Å². The van der Waals surface area contributed by atoms with Crippen molar-refractivity contribution in [2.45, 2.75) is 63.6 Å². The van der Waals surface area contributed by atoms with Crippen LogP contribution in [0.1, 0.15) is 49.7 Å². The van der Waals surface area contributed by atoms with E-state index in [2.05, 4.69) is 5.32 Å². The van der Waals surface area contributed by atoms with Crippen LogP contribution in [-0.4, -0.2) is 57.1 Å². The minimum absolute atomic E-state index is 0.00869. The van der Waals surface area contributed by atoms with Gasteiger partial charge in [-0.25, -0.2) is 8.42 Å². The third kappa shape index (κ3) is 8.89. The molecule has 0 heterocycles. The highest BCUT2D eigenvalue weighted by Crippen LogP contribution is 2.31. The summed E-state index contributed by atoms with van der Waals surface area (Å²) in [6, 6.07) is 20.8. The number of benzene rings is 3. The van der Waals surface area contributed by atoms with Crippen molar-refractivity contribution in [1.29, 1.82) is 0 Å². The lowest BCUT2D eigenvalue weighted by atomic mass is 10.0. The first-order chi connectivity index (χ1) is 21.1. The summed E-state index contributed by atoms with van der Waals surface area (Å²) in [5, 5.41) is 3.96. The van der Waals surface area contributed by atoms with Crippen LogP contribution in [0.2, 0.25) is 10.0 Å². The van der Waals surface area contributed by atoms with Crippen molar-refractivity contribution in [1.82, 2.24) is 10.2 Å². The van der Waals surface area contributed by atoms with E-state index in [1.807, 2.05) is 30.3 Å². The topological polar surface area (TPSA) is 96.0 Å². The van der Waals surface area contributed by atoms with Gasteiger partial charge < -0.3 is 15.0 Å². The number of rotatable bonds is 14. The van der Waals surface area contributed by atoms with Gasteiger partial charge in [0, 0.05) is 47.6 Å². The van der Waals surface area contributed by atoms with Gasteiger partial charge in [0.05, 0.1) is 19.1 Å². The molecule has 1 unspecified atom stereocenters. The van der Waals surface area contributed by atoms with E-state index in [4.69, 9.17) is 27.9 Å². The molecule has 0 spiro atoms. The van der Waals surface area contributed by atoms with Crippen LogP contribution in [0.25, 0.3) is 0 Å². The standard InChI is InChI=1S/C33H39Cl2N3O5S/c1-43-31-19-9-8-18-29(31)38(44(2,41)42)21-11-20-32(39)37(23-26-27(34)16-10-17-28(26)35)30(22-24-12-4-3-5-13-24)33(40)36-25-14-6-7-15-25/h3-5,8-10,12-13,16-19,25,30H,6-7,11,14-15,20-23H2,1-2H3,(H,36,40). The molecule has 0 radical (unpaired) electrons. The summed E-state index contributed by atoms with van der Waals surface area (Å²) in [6.45, 7) is 0.0679. The van der Waals surface area contributed by atoms with Crippen molar-refractivity contribution < 1.29 is 22.7 Å². The number of amides is 2. The van der Waals surface area contributed by atoms with E-state index < -0.39 is 16.1 Å². The van der Waals surface area contributed by atoms with Gasteiger partial charge in [0.2, 0.25) is 21.8 Å². The zero-order valence-corrected chi connectivity index (χ0v) is 27.4. The Bertz CT molecular complexity index is 1510. The number of carbonyl (C=O) groups excluding carboxylic acids is 2. The maximum Gasteiger partial charge on any atom is 0.243 e. The lowest BCUT2D eigenvalue weighted by Gasteiger charge is -2.33. The van der Waals surface area contributed by atoms with Crippen molar-refractivity contribution in [3.05, 3.63) is 94.0 Å². The summed E-state index contributed by atoms with van der Waals surface area (Å²) in [7, 11) is -2.21. The molecule has 3 aromatic carbocycles. The van der Waals surface area contributed by atoms with E-state index in [0.29, 0.717) is 33.5 Å². The second kappa shape index (κ2) is 15.6. The largest absolute Gasteiger partial charge is 0.495 e. The first kappa shape index (κ1) is 33.6. The molecule has 0 bridgehead atoms. The lowest BCUT2D eigenvalue weighted by molar-refractivity contribution is -0.141. The molecule has 0 aliphatic heterocycles. The minimum Gasteiger partial charge on any atom is -0.495 e. The normalized spacial score (nSPS) is 14.2. The number of methoxy groups -OCH3 is 1. The van der Waals surface area contributed by atoms with Crippen LogP contribution in [0, 0.1) is 0 Å². The molecule has 4 rings (SSSR count). The third-order valence-electron chi connectivity index (χ3n) is 7.87. The summed E-state index contributed by atoms with van der Waals surface area (Å²) >= 11 is 13.1. The average Bonchev–Trinajstić information content (AvgIpc) is 3.51. The smallest absolute Gasteiger partial charge is 0.243 e. The Morgan fingerprint density at radius 2 is 1.59 bits per heavy atom.